The SMILES string of the molecule is [Ir+3].[c-]1ccccc1-c1ccc(-c2ccccc2-c2cc(-c3ccccc3-c3ccc(-c4[c-]cccc4)nc3)cc(-c3ccccc3-c3cnc(-c4[c-]cccc4)cc3-c3ccc(-c4ccccc4)cc3)c2)cn1. The first-order valence-corrected chi connectivity index (χ1v) is 24.1. The second-order valence-electron chi connectivity index (χ2n) is 17.7. The zero-order chi connectivity index (χ0) is 48.1. The molecule has 3 aromatic heterocycles. The summed E-state index contributed by atoms with van der Waals surface area (Å²) in [6, 6.07) is 97.2. The fourth-order valence-electron chi connectivity index (χ4n) is 9.65. The fraction of sp³-hybridized carbons (Fsp3) is 0. The maximum Gasteiger partial charge on any atom is 3.00 e. The van der Waals surface area contributed by atoms with E-state index >= 15 is 0 Å². The Hall–Kier alpha value is -8.92. The number of pyridine rings is 3. The quantitative estimate of drug-likeness (QED) is 0.121. The molecule has 12 aromatic rings. The molecule has 0 unspecified atom stereocenters. The molecule has 3 nitrogen and oxygen atoms in total. The predicted octanol–water partition coefficient (Wildman–Crippen LogP) is 17.6. The molecule has 0 bridgehead atoms. The van der Waals surface area contributed by atoms with Crippen LogP contribution in [0, 0.1) is 18.2 Å². The van der Waals surface area contributed by atoms with Crippen molar-refractivity contribution in [2.24, 2.45) is 0 Å². The van der Waals surface area contributed by atoms with Gasteiger partial charge in [-0.3, -0.25) is 0 Å². The first kappa shape index (κ1) is 46.5. The summed E-state index contributed by atoms with van der Waals surface area (Å²) < 4.78 is 0. The van der Waals surface area contributed by atoms with Crippen molar-refractivity contribution in [3.8, 4) is 123 Å². The summed E-state index contributed by atoms with van der Waals surface area (Å²) in [7, 11) is 0. The molecular formula is C69H44IrN3. The minimum atomic E-state index is 0. The summed E-state index contributed by atoms with van der Waals surface area (Å²) in [6.45, 7) is 0. The Morgan fingerprint density at radius 3 is 1.01 bits per heavy atom. The van der Waals surface area contributed by atoms with E-state index in [0.717, 1.165) is 112 Å². The van der Waals surface area contributed by atoms with Crippen LogP contribution in [0.25, 0.3) is 123 Å². The summed E-state index contributed by atoms with van der Waals surface area (Å²) in [5, 5.41) is 0. The molecule has 4 heteroatoms. The Morgan fingerprint density at radius 2 is 0.575 bits per heavy atom. The van der Waals surface area contributed by atoms with E-state index in [9.17, 15) is 0 Å². The monoisotopic (exact) mass is 1110 g/mol. The Kier molecular flexibility index (Phi) is 13.5. The topological polar surface area (TPSA) is 38.7 Å². The largest absolute Gasteiger partial charge is 3.00 e. The van der Waals surface area contributed by atoms with Gasteiger partial charge in [0.2, 0.25) is 0 Å². The maximum atomic E-state index is 5.14. The molecule has 344 valence electrons. The van der Waals surface area contributed by atoms with E-state index in [2.05, 4.69) is 200 Å². The van der Waals surface area contributed by atoms with Crippen molar-refractivity contribution >= 4 is 0 Å². The standard InChI is InChI=1S/C69H44N3.Ir/c1-5-19-48(20-6-1)49-33-35-50(36-34-49)65-44-69(53-25-11-4-12-26-53)72-47-66(65)64-32-18-17-31-63(64)58-42-56(61-29-15-13-27-59(61)54-37-39-67(70-45-54)51-21-7-2-8-22-51)41-57(43-58)62-30-16-14-28-60(62)55-38-40-68(71-46-55)52-23-9-3-10-24-52;/h1-21,23,25,27-47H;/q-3;+3. The fourth-order valence-corrected chi connectivity index (χ4v) is 9.65. The van der Waals surface area contributed by atoms with Crippen molar-refractivity contribution in [3.05, 3.63) is 286 Å². The van der Waals surface area contributed by atoms with E-state index in [0.29, 0.717) is 0 Å². The molecule has 9 aromatic carbocycles. The van der Waals surface area contributed by atoms with Crippen molar-refractivity contribution in [3.63, 3.8) is 0 Å². The zero-order valence-electron chi connectivity index (χ0n) is 39.6. The Labute approximate surface area is 440 Å². The number of benzene rings is 9. The minimum absolute atomic E-state index is 0. The third-order valence-corrected chi connectivity index (χ3v) is 13.2. The van der Waals surface area contributed by atoms with Gasteiger partial charge in [0.25, 0.3) is 0 Å². The minimum Gasteiger partial charge on any atom is -0.304 e. The summed E-state index contributed by atoms with van der Waals surface area (Å²) in [6.07, 6.45) is 6.00. The van der Waals surface area contributed by atoms with Crippen LogP contribution in [0.3, 0.4) is 0 Å². The average molecular weight is 1110 g/mol. The van der Waals surface area contributed by atoms with Gasteiger partial charge < -0.3 is 15.0 Å². The number of hydrogen-bond donors (Lipinski definition) is 0. The van der Waals surface area contributed by atoms with Crippen LogP contribution in [0.5, 0.6) is 0 Å². The molecule has 73 heavy (non-hydrogen) atoms. The molecule has 0 aliphatic rings. The van der Waals surface area contributed by atoms with E-state index in [4.69, 9.17) is 15.0 Å². The molecule has 0 radical (unpaired) electrons. The molecule has 0 aliphatic heterocycles. The van der Waals surface area contributed by atoms with Crippen LogP contribution in [0.4, 0.5) is 0 Å². The molecule has 0 aliphatic carbocycles. The summed E-state index contributed by atoms with van der Waals surface area (Å²) in [5.74, 6) is 0. The molecule has 0 fully saturated rings. The van der Waals surface area contributed by atoms with E-state index in [1.165, 1.54) is 11.1 Å². The summed E-state index contributed by atoms with van der Waals surface area (Å²) >= 11 is 0. The number of aromatic nitrogens is 3. The van der Waals surface area contributed by atoms with Gasteiger partial charge in [0.1, 0.15) is 0 Å². The molecule has 12 rings (SSSR count). The normalized spacial score (nSPS) is 10.9. The van der Waals surface area contributed by atoms with Gasteiger partial charge in [-0.15, -0.1) is 108 Å². The first-order valence-electron chi connectivity index (χ1n) is 24.1. The second kappa shape index (κ2) is 21.2. The maximum absolute atomic E-state index is 5.14. The Bertz CT molecular complexity index is 3660. The Balaban J connectivity index is 0.00000574. The van der Waals surface area contributed by atoms with Crippen LogP contribution in [0.15, 0.2) is 267 Å². The second-order valence-corrected chi connectivity index (χ2v) is 17.7. The molecule has 0 amide bonds. The van der Waals surface area contributed by atoms with Gasteiger partial charge >= 0.3 is 20.1 Å². The van der Waals surface area contributed by atoms with Gasteiger partial charge in [-0.05, 0) is 119 Å². The van der Waals surface area contributed by atoms with E-state index in [1.807, 2.05) is 85.3 Å². The van der Waals surface area contributed by atoms with Crippen LogP contribution < -0.4 is 0 Å². The molecule has 3 heterocycles. The number of rotatable bonds is 11. The third kappa shape index (κ3) is 9.79. The smallest absolute Gasteiger partial charge is 0.304 e. The number of hydrogen-bond acceptors (Lipinski definition) is 3. The summed E-state index contributed by atoms with van der Waals surface area (Å²) in [4.78, 5) is 15.0. The average Bonchev–Trinajstić information content (AvgIpc) is 3.48. The van der Waals surface area contributed by atoms with Gasteiger partial charge in [-0.1, -0.05) is 158 Å². The van der Waals surface area contributed by atoms with Crippen LogP contribution in [-0.4, -0.2) is 15.0 Å². The molecule has 0 saturated carbocycles. The molecule has 0 spiro atoms. The predicted molar refractivity (Wildman–Crippen MR) is 296 cm³/mol. The molecular weight excluding hydrogens is 1060 g/mol. The van der Waals surface area contributed by atoms with Gasteiger partial charge in [0.15, 0.2) is 0 Å². The van der Waals surface area contributed by atoms with Gasteiger partial charge in [0.05, 0.1) is 0 Å². The van der Waals surface area contributed by atoms with Crippen molar-refractivity contribution in [1.82, 2.24) is 15.0 Å². The molecule has 0 atom stereocenters. The van der Waals surface area contributed by atoms with Gasteiger partial charge in [-0.25, -0.2) is 0 Å². The zero-order valence-corrected chi connectivity index (χ0v) is 42.0. The summed E-state index contributed by atoms with van der Waals surface area (Å²) in [5.41, 5.74) is 23.0. The van der Waals surface area contributed by atoms with Crippen LogP contribution in [0.1, 0.15) is 0 Å². The van der Waals surface area contributed by atoms with Crippen LogP contribution >= 0.6 is 0 Å². The van der Waals surface area contributed by atoms with Crippen LogP contribution in [0.2, 0.25) is 0 Å². The van der Waals surface area contributed by atoms with Gasteiger partial charge in [-0.2, -0.15) is 0 Å². The third-order valence-electron chi connectivity index (χ3n) is 13.2. The van der Waals surface area contributed by atoms with E-state index in [-0.39, 0.29) is 20.1 Å². The molecule has 0 saturated heterocycles. The van der Waals surface area contributed by atoms with E-state index in [1.54, 1.807) is 0 Å². The van der Waals surface area contributed by atoms with Crippen molar-refractivity contribution in [2.75, 3.05) is 0 Å². The van der Waals surface area contributed by atoms with Crippen LogP contribution in [-0.2, 0) is 20.1 Å². The Morgan fingerprint density at radius 1 is 0.219 bits per heavy atom. The molecule has 0 N–H and O–H groups in total. The number of nitrogens with zero attached hydrogens (tertiary/aromatic N) is 3. The first-order chi connectivity index (χ1) is 35.7. The van der Waals surface area contributed by atoms with Crippen molar-refractivity contribution < 1.29 is 20.1 Å². The van der Waals surface area contributed by atoms with Crippen molar-refractivity contribution in [1.29, 1.82) is 0 Å². The van der Waals surface area contributed by atoms with E-state index < -0.39 is 0 Å². The van der Waals surface area contributed by atoms with Crippen molar-refractivity contribution in [2.45, 2.75) is 0 Å². The van der Waals surface area contributed by atoms with Gasteiger partial charge in [0, 0.05) is 24.2 Å².